The van der Waals surface area contributed by atoms with Crippen LogP contribution in [0.5, 0.6) is 0 Å². The first kappa shape index (κ1) is 7.80. The molecule has 0 aromatic rings. The van der Waals surface area contributed by atoms with Crippen LogP contribution in [0.1, 0.15) is 19.8 Å². The summed E-state index contributed by atoms with van der Waals surface area (Å²) in [6.07, 6.45) is 2.88. The van der Waals surface area contributed by atoms with Gasteiger partial charge in [0.15, 0.2) is 0 Å². The zero-order chi connectivity index (χ0) is 5.70. The molecule has 0 heterocycles. The Kier molecular flexibility index (Phi) is 5.51. The Hall–Kier alpha value is 0.799. The first-order chi connectivity index (χ1) is 3.27. The van der Waals surface area contributed by atoms with Gasteiger partial charge in [-0.2, -0.15) is 0 Å². The van der Waals surface area contributed by atoms with Crippen LogP contribution in [0.25, 0.3) is 0 Å². The second-order valence-corrected chi connectivity index (χ2v) is 10.6. The molecule has 0 aliphatic rings. The molecule has 43 valence electrons. The monoisotopic (exact) mass is 207 g/mol. The van der Waals surface area contributed by atoms with E-state index < -0.39 is 19.8 Å². The molecule has 0 saturated heterocycles. The fourth-order valence-electron chi connectivity index (χ4n) is 0.530. The Labute approximate surface area is 54.0 Å². The summed E-state index contributed by atoms with van der Waals surface area (Å²) in [5.41, 5.74) is 0. The molecule has 1 radical (unpaired) electrons. The molecule has 0 nitrogen and oxygen atoms in total. The summed E-state index contributed by atoms with van der Waals surface area (Å²) in [7, 11) is 0. The molecule has 0 atom stereocenters. The van der Waals surface area contributed by atoms with Gasteiger partial charge in [0.05, 0.1) is 0 Å². The summed E-state index contributed by atoms with van der Waals surface area (Å²) in [6, 6.07) is 0. The van der Waals surface area contributed by atoms with E-state index in [-0.39, 0.29) is 0 Å². The van der Waals surface area contributed by atoms with E-state index in [4.69, 9.17) is 0 Å². The van der Waals surface area contributed by atoms with Gasteiger partial charge in [-0.05, 0) is 0 Å². The van der Waals surface area contributed by atoms with Gasteiger partial charge in [0.1, 0.15) is 0 Å². The third-order valence-corrected chi connectivity index (χ3v) is 4.89. The normalized spacial score (nSPS) is 10.3. The fraction of sp³-hybridized carbons (Fsp3) is 1.00. The summed E-state index contributed by atoms with van der Waals surface area (Å²) in [6.45, 7) is 2.27. The zero-order valence-electron chi connectivity index (χ0n) is 5.62. The molecule has 0 unspecified atom stereocenters. The molecule has 0 aromatic heterocycles. The van der Waals surface area contributed by atoms with Crippen molar-refractivity contribution in [3.63, 3.8) is 0 Å². The summed E-state index contributed by atoms with van der Waals surface area (Å²) in [4.78, 5) is 4.94. The number of hydrogen-bond donors (Lipinski definition) is 0. The van der Waals surface area contributed by atoms with Crippen LogP contribution in [0, 0.1) is 0 Å². The van der Waals surface area contributed by atoms with Crippen molar-refractivity contribution in [1.29, 1.82) is 0 Å². The molecule has 0 amide bonds. The average Bonchev–Trinajstić information content (AvgIpc) is 1.61. The van der Waals surface area contributed by atoms with E-state index >= 15 is 0 Å². The van der Waals surface area contributed by atoms with Gasteiger partial charge in [-0.25, -0.2) is 0 Å². The molecule has 0 N–H and O–H groups in total. The number of unbranched alkanes of at least 4 members (excludes halogenated alkanes) is 1. The molecule has 0 aromatic carbocycles. The summed E-state index contributed by atoms with van der Waals surface area (Å²) >= 11 is -0.642. The van der Waals surface area contributed by atoms with Gasteiger partial charge in [-0.15, -0.1) is 0 Å². The van der Waals surface area contributed by atoms with Crippen LogP contribution in [0.2, 0.25) is 14.3 Å². The van der Waals surface area contributed by atoms with Gasteiger partial charge < -0.3 is 0 Å². The second-order valence-electron chi connectivity index (χ2n) is 2.31. The van der Waals surface area contributed by atoms with Crippen molar-refractivity contribution >= 4 is 19.8 Å². The van der Waals surface area contributed by atoms with Crippen molar-refractivity contribution in [1.82, 2.24) is 0 Å². The third-order valence-electron chi connectivity index (χ3n) is 1.03. The van der Waals surface area contributed by atoms with Crippen LogP contribution in [0.3, 0.4) is 0 Å². The molecule has 0 aliphatic carbocycles. The first-order valence-corrected chi connectivity index (χ1v) is 10.8. The minimum absolute atomic E-state index is 0.642. The van der Waals surface area contributed by atoms with Crippen molar-refractivity contribution in [3.05, 3.63) is 0 Å². The predicted octanol–water partition coefficient (Wildman–Crippen LogP) is 2.54. The van der Waals surface area contributed by atoms with E-state index in [0.29, 0.717) is 0 Å². The van der Waals surface area contributed by atoms with Gasteiger partial charge in [0, 0.05) is 0 Å². The number of hydrogen-bond acceptors (Lipinski definition) is 0. The molecule has 0 aliphatic heterocycles. The number of rotatable bonds is 3. The van der Waals surface area contributed by atoms with Crippen molar-refractivity contribution in [3.8, 4) is 0 Å². The molecule has 1 heteroatoms. The van der Waals surface area contributed by atoms with E-state index in [1.165, 1.54) is 12.8 Å². The second kappa shape index (κ2) is 4.95. The standard InChI is InChI=1S/C4H9.2CH3.Sn/c1-3-4-2;;;/h1,3-4H2,2H3;2*1H3;. The summed E-state index contributed by atoms with van der Waals surface area (Å²) in [5.74, 6) is 0. The van der Waals surface area contributed by atoms with E-state index in [0.717, 1.165) is 0 Å². The van der Waals surface area contributed by atoms with E-state index in [2.05, 4.69) is 16.8 Å². The zero-order valence-corrected chi connectivity index (χ0v) is 8.48. The van der Waals surface area contributed by atoms with Crippen molar-refractivity contribution in [2.24, 2.45) is 0 Å². The van der Waals surface area contributed by atoms with Crippen molar-refractivity contribution in [2.45, 2.75) is 34.1 Å². The van der Waals surface area contributed by atoms with E-state index in [1.54, 1.807) is 4.44 Å². The summed E-state index contributed by atoms with van der Waals surface area (Å²) < 4.78 is 1.60. The Morgan fingerprint density at radius 1 is 1.29 bits per heavy atom. The van der Waals surface area contributed by atoms with Crippen LogP contribution >= 0.6 is 0 Å². The minimum atomic E-state index is -0.642. The molecule has 0 bridgehead atoms. The SMILES string of the molecule is CCC[CH2][Sn]([CH3])[CH3]. The predicted molar refractivity (Wildman–Crippen MR) is 37.2 cm³/mol. The molecule has 7 heavy (non-hydrogen) atoms. The van der Waals surface area contributed by atoms with E-state index in [1.807, 2.05) is 0 Å². The van der Waals surface area contributed by atoms with Crippen LogP contribution in [0.15, 0.2) is 0 Å². The third kappa shape index (κ3) is 6.80. The Bertz CT molecular complexity index is 33.2. The van der Waals surface area contributed by atoms with Gasteiger partial charge in [-0.3, -0.25) is 0 Å². The first-order valence-electron chi connectivity index (χ1n) is 3.06. The van der Waals surface area contributed by atoms with Crippen LogP contribution in [-0.4, -0.2) is 19.8 Å². The Morgan fingerprint density at radius 3 is 2.00 bits per heavy atom. The van der Waals surface area contributed by atoms with E-state index in [9.17, 15) is 0 Å². The molecule has 0 fully saturated rings. The molecular formula is C6H15Sn. The average molecular weight is 206 g/mol. The Morgan fingerprint density at radius 2 is 1.86 bits per heavy atom. The molecule has 0 spiro atoms. The molecule has 0 rings (SSSR count). The van der Waals surface area contributed by atoms with Crippen LogP contribution in [-0.2, 0) is 0 Å². The van der Waals surface area contributed by atoms with Crippen molar-refractivity contribution in [2.75, 3.05) is 0 Å². The van der Waals surface area contributed by atoms with Gasteiger partial charge in [0.25, 0.3) is 0 Å². The van der Waals surface area contributed by atoms with Gasteiger partial charge >= 0.3 is 53.8 Å². The topological polar surface area (TPSA) is 0 Å². The quantitative estimate of drug-likeness (QED) is 0.622. The van der Waals surface area contributed by atoms with Crippen LogP contribution in [0.4, 0.5) is 0 Å². The summed E-state index contributed by atoms with van der Waals surface area (Å²) in [5, 5.41) is 0. The van der Waals surface area contributed by atoms with Crippen molar-refractivity contribution < 1.29 is 0 Å². The maximum atomic E-state index is 2.47. The molecular weight excluding hydrogens is 191 g/mol. The van der Waals surface area contributed by atoms with Crippen LogP contribution < -0.4 is 0 Å². The Balaban J connectivity index is 2.68. The fourth-order valence-corrected chi connectivity index (χ4v) is 3.56. The molecule has 0 saturated carbocycles. The van der Waals surface area contributed by atoms with Gasteiger partial charge in [-0.1, -0.05) is 0 Å². The van der Waals surface area contributed by atoms with Gasteiger partial charge in [0.2, 0.25) is 0 Å². The maximum absolute atomic E-state index is 2.47.